The quantitative estimate of drug-likeness (QED) is 0.377. The maximum absolute atomic E-state index is 12.4. The number of thiophene rings is 1. The SMILES string of the molecule is CCOc1ccc(NC(=O)CSc2nnc(-c3cccs3)n2Cc2ccco2)cc1. The van der Waals surface area contributed by atoms with Gasteiger partial charge in [0.2, 0.25) is 5.91 Å². The van der Waals surface area contributed by atoms with Crippen molar-refractivity contribution < 1.29 is 13.9 Å². The minimum atomic E-state index is -0.116. The Morgan fingerprint density at radius 3 is 2.77 bits per heavy atom. The second-order valence-electron chi connectivity index (χ2n) is 6.24. The van der Waals surface area contributed by atoms with E-state index in [9.17, 15) is 4.79 Å². The number of hydrogen-bond donors (Lipinski definition) is 1. The molecule has 4 aromatic rings. The van der Waals surface area contributed by atoms with Crippen molar-refractivity contribution in [3.8, 4) is 16.5 Å². The van der Waals surface area contributed by atoms with E-state index in [1.165, 1.54) is 11.8 Å². The number of ether oxygens (including phenoxy) is 1. The number of aromatic nitrogens is 3. The van der Waals surface area contributed by atoms with E-state index in [1.54, 1.807) is 17.6 Å². The number of carbonyl (C=O) groups is 1. The lowest BCUT2D eigenvalue weighted by Crippen LogP contribution is -2.14. The Morgan fingerprint density at radius 1 is 1.20 bits per heavy atom. The Kier molecular flexibility index (Phi) is 6.50. The lowest BCUT2D eigenvalue weighted by atomic mass is 10.3. The van der Waals surface area contributed by atoms with Crippen molar-refractivity contribution in [1.29, 1.82) is 0 Å². The molecule has 1 N–H and O–H groups in total. The summed E-state index contributed by atoms with van der Waals surface area (Å²) < 4.78 is 12.9. The first-order valence-electron chi connectivity index (χ1n) is 9.38. The summed E-state index contributed by atoms with van der Waals surface area (Å²) in [5, 5.41) is 14.2. The van der Waals surface area contributed by atoms with Crippen LogP contribution in [-0.4, -0.2) is 33.0 Å². The first kappa shape index (κ1) is 20.2. The van der Waals surface area contributed by atoms with Crippen molar-refractivity contribution >= 4 is 34.7 Å². The van der Waals surface area contributed by atoms with Gasteiger partial charge in [-0.15, -0.1) is 21.5 Å². The van der Waals surface area contributed by atoms with Crippen LogP contribution in [0.3, 0.4) is 0 Å². The van der Waals surface area contributed by atoms with Crippen LogP contribution >= 0.6 is 23.1 Å². The van der Waals surface area contributed by atoms with Gasteiger partial charge in [-0.2, -0.15) is 0 Å². The average Bonchev–Trinajstić information content (AvgIpc) is 3.51. The van der Waals surface area contributed by atoms with E-state index < -0.39 is 0 Å². The summed E-state index contributed by atoms with van der Waals surface area (Å²) in [7, 11) is 0. The van der Waals surface area contributed by atoms with Crippen molar-refractivity contribution in [2.45, 2.75) is 18.6 Å². The van der Waals surface area contributed by atoms with Crippen molar-refractivity contribution in [2.75, 3.05) is 17.7 Å². The van der Waals surface area contributed by atoms with Gasteiger partial charge in [-0.25, -0.2) is 0 Å². The van der Waals surface area contributed by atoms with Crippen LogP contribution in [0.25, 0.3) is 10.7 Å². The summed E-state index contributed by atoms with van der Waals surface area (Å²) in [6.45, 7) is 3.03. The monoisotopic (exact) mass is 440 g/mol. The lowest BCUT2D eigenvalue weighted by molar-refractivity contribution is -0.113. The molecule has 0 atom stereocenters. The molecule has 0 saturated carbocycles. The van der Waals surface area contributed by atoms with E-state index in [2.05, 4.69) is 15.5 Å². The van der Waals surface area contributed by atoms with E-state index in [1.807, 2.05) is 65.4 Å². The number of furan rings is 1. The van der Waals surface area contributed by atoms with E-state index in [0.29, 0.717) is 18.3 Å². The molecule has 7 nitrogen and oxygen atoms in total. The molecule has 0 aliphatic carbocycles. The van der Waals surface area contributed by atoms with Gasteiger partial charge in [0, 0.05) is 5.69 Å². The van der Waals surface area contributed by atoms with Gasteiger partial charge < -0.3 is 14.5 Å². The van der Waals surface area contributed by atoms with E-state index >= 15 is 0 Å². The van der Waals surface area contributed by atoms with Gasteiger partial charge in [-0.1, -0.05) is 17.8 Å². The Labute approximate surface area is 182 Å². The molecule has 0 saturated heterocycles. The van der Waals surface area contributed by atoms with Crippen molar-refractivity contribution in [1.82, 2.24) is 14.8 Å². The summed E-state index contributed by atoms with van der Waals surface area (Å²) in [6.07, 6.45) is 1.64. The highest BCUT2D eigenvalue weighted by molar-refractivity contribution is 7.99. The Balaban J connectivity index is 1.44. The largest absolute Gasteiger partial charge is 0.494 e. The molecule has 30 heavy (non-hydrogen) atoms. The first-order chi connectivity index (χ1) is 14.7. The van der Waals surface area contributed by atoms with Crippen molar-refractivity contribution in [2.24, 2.45) is 0 Å². The number of thioether (sulfide) groups is 1. The molecule has 0 unspecified atom stereocenters. The predicted octanol–water partition coefficient (Wildman–Crippen LogP) is 4.78. The summed E-state index contributed by atoms with van der Waals surface area (Å²) in [4.78, 5) is 13.4. The van der Waals surface area contributed by atoms with Crippen LogP contribution < -0.4 is 10.1 Å². The maximum Gasteiger partial charge on any atom is 0.234 e. The Bertz CT molecular complexity index is 1070. The molecule has 154 valence electrons. The number of anilines is 1. The van der Waals surface area contributed by atoms with E-state index in [0.717, 1.165) is 27.9 Å². The zero-order chi connectivity index (χ0) is 20.8. The van der Waals surface area contributed by atoms with Crippen LogP contribution in [0, 0.1) is 0 Å². The van der Waals surface area contributed by atoms with Gasteiger partial charge in [-0.3, -0.25) is 9.36 Å². The molecular formula is C21H20N4O3S2. The normalized spacial score (nSPS) is 10.8. The zero-order valence-corrected chi connectivity index (χ0v) is 17.9. The molecule has 9 heteroatoms. The van der Waals surface area contributed by atoms with Gasteiger partial charge in [0.15, 0.2) is 11.0 Å². The van der Waals surface area contributed by atoms with Gasteiger partial charge in [0.1, 0.15) is 11.5 Å². The molecule has 0 fully saturated rings. The summed E-state index contributed by atoms with van der Waals surface area (Å²) in [5.41, 5.74) is 0.723. The fourth-order valence-electron chi connectivity index (χ4n) is 2.81. The Morgan fingerprint density at radius 2 is 2.07 bits per heavy atom. The molecule has 1 aromatic carbocycles. The fraction of sp³-hybridized carbons (Fsp3) is 0.190. The average molecular weight is 441 g/mol. The van der Waals surface area contributed by atoms with Crippen LogP contribution in [-0.2, 0) is 11.3 Å². The van der Waals surface area contributed by atoms with Crippen LogP contribution in [0.2, 0.25) is 0 Å². The minimum absolute atomic E-state index is 0.116. The first-order valence-corrected chi connectivity index (χ1v) is 11.2. The fourth-order valence-corrected chi connectivity index (χ4v) is 4.27. The van der Waals surface area contributed by atoms with E-state index in [4.69, 9.17) is 9.15 Å². The summed E-state index contributed by atoms with van der Waals surface area (Å²) in [5.74, 6) is 2.43. The molecule has 0 aliphatic rings. The van der Waals surface area contributed by atoms with Crippen molar-refractivity contribution in [3.05, 3.63) is 65.9 Å². The number of nitrogens with one attached hydrogen (secondary N) is 1. The molecular weight excluding hydrogens is 420 g/mol. The number of benzene rings is 1. The summed E-state index contributed by atoms with van der Waals surface area (Å²) in [6, 6.07) is 15.0. The molecule has 3 aromatic heterocycles. The van der Waals surface area contributed by atoms with Gasteiger partial charge in [-0.05, 0) is 54.8 Å². The standard InChI is InChI=1S/C21H20N4O3S2/c1-2-27-16-9-7-15(8-10-16)22-19(26)14-30-21-24-23-20(18-6-4-12-29-18)25(21)13-17-5-3-11-28-17/h3-12H,2,13-14H2,1H3,(H,22,26). The van der Waals surface area contributed by atoms with Crippen LogP contribution in [0.15, 0.2) is 69.7 Å². The third kappa shape index (κ3) is 4.92. The minimum Gasteiger partial charge on any atom is -0.494 e. The second kappa shape index (κ2) is 9.64. The highest BCUT2D eigenvalue weighted by atomic mass is 32.2. The van der Waals surface area contributed by atoms with E-state index in [-0.39, 0.29) is 11.7 Å². The molecule has 0 radical (unpaired) electrons. The molecule has 0 bridgehead atoms. The molecule has 3 heterocycles. The van der Waals surface area contributed by atoms with Crippen molar-refractivity contribution in [3.63, 3.8) is 0 Å². The molecule has 0 aliphatic heterocycles. The third-order valence-electron chi connectivity index (χ3n) is 4.13. The number of rotatable bonds is 9. The van der Waals surface area contributed by atoms with Crippen LogP contribution in [0.4, 0.5) is 5.69 Å². The number of hydrogen-bond acceptors (Lipinski definition) is 7. The zero-order valence-electron chi connectivity index (χ0n) is 16.3. The summed E-state index contributed by atoms with van der Waals surface area (Å²) >= 11 is 2.94. The highest BCUT2D eigenvalue weighted by Gasteiger charge is 2.17. The smallest absolute Gasteiger partial charge is 0.234 e. The topological polar surface area (TPSA) is 82.2 Å². The Hall–Kier alpha value is -3.04. The molecule has 0 spiro atoms. The molecule has 1 amide bonds. The lowest BCUT2D eigenvalue weighted by Gasteiger charge is -2.09. The van der Waals surface area contributed by atoms with Crippen LogP contribution in [0.5, 0.6) is 5.75 Å². The second-order valence-corrected chi connectivity index (χ2v) is 8.13. The van der Waals surface area contributed by atoms with Crippen LogP contribution in [0.1, 0.15) is 12.7 Å². The predicted molar refractivity (Wildman–Crippen MR) is 118 cm³/mol. The third-order valence-corrected chi connectivity index (χ3v) is 5.97. The number of amides is 1. The highest BCUT2D eigenvalue weighted by Crippen LogP contribution is 2.28. The van der Waals surface area contributed by atoms with Gasteiger partial charge in [0.05, 0.1) is 30.0 Å². The number of nitrogens with zero attached hydrogens (tertiary/aromatic N) is 3. The number of carbonyl (C=O) groups excluding carboxylic acids is 1. The van der Waals surface area contributed by atoms with Gasteiger partial charge >= 0.3 is 0 Å². The maximum atomic E-state index is 12.4. The molecule has 4 rings (SSSR count). The van der Waals surface area contributed by atoms with Gasteiger partial charge in [0.25, 0.3) is 0 Å².